The summed E-state index contributed by atoms with van der Waals surface area (Å²) in [5.74, 6) is 0. The Morgan fingerprint density at radius 3 is 2.32 bits per heavy atom. The SMILES string of the molecule is OC[C@H]1O[C@H](O)[C@](O)(Cc2ccccc2)[C@H](O)[C@@H]1O. The molecule has 0 aliphatic carbocycles. The second kappa shape index (κ2) is 5.54. The summed E-state index contributed by atoms with van der Waals surface area (Å²) in [5.41, 5.74) is -1.34. The second-order valence-electron chi connectivity index (χ2n) is 4.80. The van der Waals surface area contributed by atoms with E-state index in [4.69, 9.17) is 9.84 Å². The van der Waals surface area contributed by atoms with Crippen LogP contribution in [0.1, 0.15) is 5.56 Å². The van der Waals surface area contributed by atoms with Crippen LogP contribution in [0.2, 0.25) is 0 Å². The predicted molar refractivity (Wildman–Crippen MR) is 65.1 cm³/mol. The lowest BCUT2D eigenvalue weighted by Crippen LogP contribution is -2.67. The monoisotopic (exact) mass is 270 g/mol. The van der Waals surface area contributed by atoms with Gasteiger partial charge in [-0.15, -0.1) is 0 Å². The molecule has 106 valence electrons. The van der Waals surface area contributed by atoms with Crippen molar-refractivity contribution in [2.24, 2.45) is 0 Å². The number of rotatable bonds is 3. The molecule has 5 N–H and O–H groups in total. The number of benzene rings is 1. The van der Waals surface area contributed by atoms with E-state index < -0.39 is 36.8 Å². The highest BCUT2D eigenvalue weighted by Gasteiger charge is 2.53. The highest BCUT2D eigenvalue weighted by atomic mass is 16.6. The van der Waals surface area contributed by atoms with Gasteiger partial charge in [0.1, 0.15) is 23.9 Å². The van der Waals surface area contributed by atoms with Crippen molar-refractivity contribution in [2.75, 3.05) is 6.61 Å². The summed E-state index contributed by atoms with van der Waals surface area (Å²) in [6, 6.07) is 8.76. The van der Waals surface area contributed by atoms with Crippen molar-refractivity contribution in [1.82, 2.24) is 0 Å². The molecule has 0 aromatic heterocycles. The van der Waals surface area contributed by atoms with Crippen molar-refractivity contribution in [2.45, 2.75) is 36.6 Å². The van der Waals surface area contributed by atoms with Crippen LogP contribution in [-0.4, -0.2) is 62.3 Å². The topological polar surface area (TPSA) is 110 Å². The number of hydrogen-bond donors (Lipinski definition) is 5. The molecule has 1 aromatic rings. The van der Waals surface area contributed by atoms with Crippen LogP contribution < -0.4 is 0 Å². The number of aliphatic hydroxyl groups is 5. The number of ether oxygens (including phenoxy) is 1. The molecule has 0 bridgehead atoms. The summed E-state index contributed by atoms with van der Waals surface area (Å²) in [6.45, 7) is -0.559. The van der Waals surface area contributed by atoms with Gasteiger partial charge >= 0.3 is 0 Å². The average Bonchev–Trinajstić information content (AvgIpc) is 2.42. The zero-order chi connectivity index (χ0) is 14.0. The molecular weight excluding hydrogens is 252 g/mol. The summed E-state index contributed by atoms with van der Waals surface area (Å²) in [6.07, 6.45) is -5.98. The standard InChI is InChI=1S/C13H18O6/c14-7-9-10(15)11(16)13(18,12(17)19-9)6-8-4-2-1-3-5-8/h1-5,9-12,14-18H,6-7H2/t9-,10-,11-,12+,13+/m1/s1. The maximum absolute atomic E-state index is 10.4. The van der Waals surface area contributed by atoms with E-state index in [0.717, 1.165) is 0 Å². The maximum Gasteiger partial charge on any atom is 0.187 e. The molecule has 1 fully saturated rings. The van der Waals surface area contributed by atoms with Crippen LogP contribution in [0.3, 0.4) is 0 Å². The van der Waals surface area contributed by atoms with Crippen molar-refractivity contribution < 1.29 is 30.3 Å². The lowest BCUT2D eigenvalue weighted by atomic mass is 9.82. The summed E-state index contributed by atoms with van der Waals surface area (Å²) in [5, 5.41) is 48.9. The van der Waals surface area contributed by atoms with Gasteiger partial charge in [0, 0.05) is 6.42 Å². The molecule has 2 rings (SSSR count). The summed E-state index contributed by atoms with van der Waals surface area (Å²) in [4.78, 5) is 0. The highest BCUT2D eigenvalue weighted by molar-refractivity contribution is 5.19. The van der Waals surface area contributed by atoms with Crippen LogP contribution in [0.15, 0.2) is 30.3 Å². The largest absolute Gasteiger partial charge is 0.394 e. The van der Waals surface area contributed by atoms with E-state index in [1.54, 1.807) is 30.3 Å². The van der Waals surface area contributed by atoms with Gasteiger partial charge < -0.3 is 30.3 Å². The van der Waals surface area contributed by atoms with Crippen LogP contribution >= 0.6 is 0 Å². The molecule has 0 unspecified atom stereocenters. The second-order valence-corrected chi connectivity index (χ2v) is 4.80. The smallest absolute Gasteiger partial charge is 0.187 e. The third-order valence-corrected chi connectivity index (χ3v) is 3.46. The molecule has 6 heteroatoms. The van der Waals surface area contributed by atoms with Crippen LogP contribution in [0.25, 0.3) is 0 Å². The maximum atomic E-state index is 10.4. The Bertz CT molecular complexity index is 411. The van der Waals surface area contributed by atoms with E-state index in [1.807, 2.05) is 0 Å². The zero-order valence-corrected chi connectivity index (χ0v) is 10.3. The van der Waals surface area contributed by atoms with Gasteiger partial charge in [0.15, 0.2) is 6.29 Å². The van der Waals surface area contributed by atoms with Gasteiger partial charge in [-0.1, -0.05) is 30.3 Å². The Kier molecular flexibility index (Phi) is 4.19. The van der Waals surface area contributed by atoms with Gasteiger partial charge in [-0.05, 0) is 5.56 Å². The van der Waals surface area contributed by atoms with E-state index in [1.165, 1.54) is 0 Å². The van der Waals surface area contributed by atoms with E-state index in [2.05, 4.69) is 0 Å². The first-order chi connectivity index (χ1) is 8.99. The van der Waals surface area contributed by atoms with Crippen LogP contribution in [-0.2, 0) is 11.2 Å². The lowest BCUT2D eigenvalue weighted by Gasteiger charge is -2.46. The first-order valence-corrected chi connectivity index (χ1v) is 6.06. The molecule has 0 radical (unpaired) electrons. The summed E-state index contributed by atoms with van der Waals surface area (Å²) < 4.78 is 4.95. The Hall–Kier alpha value is -1.02. The Morgan fingerprint density at radius 1 is 1.11 bits per heavy atom. The molecule has 1 aliphatic heterocycles. The minimum Gasteiger partial charge on any atom is -0.394 e. The molecule has 0 saturated carbocycles. The normalized spacial score (nSPS) is 39.2. The van der Waals surface area contributed by atoms with E-state index in [-0.39, 0.29) is 6.42 Å². The Morgan fingerprint density at radius 2 is 1.74 bits per heavy atom. The average molecular weight is 270 g/mol. The quantitative estimate of drug-likeness (QED) is 0.452. The van der Waals surface area contributed by atoms with Gasteiger partial charge in [0.2, 0.25) is 0 Å². The fourth-order valence-corrected chi connectivity index (χ4v) is 2.27. The molecular formula is C13H18O6. The van der Waals surface area contributed by atoms with Crippen LogP contribution in [0, 0.1) is 0 Å². The van der Waals surface area contributed by atoms with Gasteiger partial charge in [-0.3, -0.25) is 0 Å². The fraction of sp³-hybridized carbons (Fsp3) is 0.538. The molecule has 5 atom stereocenters. The molecule has 0 spiro atoms. The van der Waals surface area contributed by atoms with Crippen molar-refractivity contribution in [3.05, 3.63) is 35.9 Å². The van der Waals surface area contributed by atoms with Gasteiger partial charge in [-0.2, -0.15) is 0 Å². The predicted octanol–water partition coefficient (Wildman–Crippen LogP) is -1.61. The molecule has 6 nitrogen and oxygen atoms in total. The molecule has 1 heterocycles. The summed E-state index contributed by atoms with van der Waals surface area (Å²) >= 11 is 0. The third-order valence-electron chi connectivity index (χ3n) is 3.46. The number of aliphatic hydroxyl groups excluding tert-OH is 4. The van der Waals surface area contributed by atoms with Gasteiger partial charge in [0.05, 0.1) is 6.61 Å². The van der Waals surface area contributed by atoms with E-state index in [9.17, 15) is 20.4 Å². The van der Waals surface area contributed by atoms with E-state index >= 15 is 0 Å². The van der Waals surface area contributed by atoms with Crippen molar-refractivity contribution in [3.63, 3.8) is 0 Å². The van der Waals surface area contributed by atoms with Crippen molar-refractivity contribution in [1.29, 1.82) is 0 Å². The van der Waals surface area contributed by atoms with Crippen LogP contribution in [0.4, 0.5) is 0 Å². The first kappa shape index (κ1) is 14.4. The Labute approximate surface area is 110 Å². The lowest BCUT2D eigenvalue weighted by molar-refractivity contribution is -0.328. The minimum atomic E-state index is -2.02. The zero-order valence-electron chi connectivity index (χ0n) is 10.3. The highest BCUT2D eigenvalue weighted by Crippen LogP contribution is 2.31. The summed E-state index contributed by atoms with van der Waals surface area (Å²) in [7, 11) is 0. The molecule has 1 aliphatic rings. The Balaban J connectivity index is 2.21. The van der Waals surface area contributed by atoms with Gasteiger partial charge in [-0.25, -0.2) is 0 Å². The fourth-order valence-electron chi connectivity index (χ4n) is 2.27. The number of hydrogen-bond acceptors (Lipinski definition) is 6. The third kappa shape index (κ3) is 2.64. The van der Waals surface area contributed by atoms with Crippen molar-refractivity contribution >= 4 is 0 Å². The van der Waals surface area contributed by atoms with E-state index in [0.29, 0.717) is 5.56 Å². The first-order valence-electron chi connectivity index (χ1n) is 6.06. The van der Waals surface area contributed by atoms with Gasteiger partial charge in [0.25, 0.3) is 0 Å². The van der Waals surface area contributed by atoms with Crippen molar-refractivity contribution in [3.8, 4) is 0 Å². The van der Waals surface area contributed by atoms with Crippen LogP contribution in [0.5, 0.6) is 0 Å². The molecule has 1 aromatic carbocycles. The molecule has 0 amide bonds. The minimum absolute atomic E-state index is 0.0780. The molecule has 1 saturated heterocycles. The molecule has 19 heavy (non-hydrogen) atoms.